The van der Waals surface area contributed by atoms with Crippen LogP contribution in [0.2, 0.25) is 5.02 Å². The zero-order chi connectivity index (χ0) is 29.5. The maximum Gasteiger partial charge on any atom is 0.221 e. The Balaban J connectivity index is 0.00000274. The molecule has 0 aliphatic carbocycles. The standard InChI is InChI=1S/C32H32ClN3O2.CH5N/c1-5-7-11-23(6-2)32(35-3)36-30-16-15-25(24-12-9-14-29(21-24)38-4)19-26(30)20-27(31(34)37)17-22-10-8-13-28(33)18-22;1-2/h5-16,18-19,21,27H,2-3,17,20H2,1,4H3,(H2,34,37);2H2,1H3/b7-5-,23-11+,36-32?;. The van der Waals surface area contributed by atoms with Gasteiger partial charge in [0, 0.05) is 16.5 Å². The molecule has 0 heterocycles. The van der Waals surface area contributed by atoms with Crippen LogP contribution in [0.5, 0.6) is 5.75 Å². The van der Waals surface area contributed by atoms with Crippen LogP contribution < -0.4 is 16.2 Å². The smallest absolute Gasteiger partial charge is 0.221 e. The van der Waals surface area contributed by atoms with E-state index in [4.69, 9.17) is 27.1 Å². The number of hydrogen-bond acceptors (Lipinski definition) is 4. The Kier molecular flexibility index (Phi) is 13.3. The van der Waals surface area contributed by atoms with E-state index in [-0.39, 0.29) is 0 Å². The molecule has 3 rings (SSSR count). The van der Waals surface area contributed by atoms with Crippen LogP contribution in [-0.2, 0) is 17.6 Å². The number of amidine groups is 1. The van der Waals surface area contributed by atoms with E-state index in [2.05, 4.69) is 24.0 Å². The van der Waals surface area contributed by atoms with E-state index in [0.29, 0.717) is 29.4 Å². The van der Waals surface area contributed by atoms with Crippen LogP contribution in [0.25, 0.3) is 11.1 Å². The Morgan fingerprint density at radius 2 is 1.77 bits per heavy atom. The Bertz CT molecular complexity index is 1410. The van der Waals surface area contributed by atoms with Crippen molar-refractivity contribution in [3.05, 3.63) is 119 Å². The number of methoxy groups -OCH3 is 1. The summed E-state index contributed by atoms with van der Waals surface area (Å²) in [5.74, 6) is 0.318. The Labute approximate surface area is 242 Å². The molecule has 208 valence electrons. The van der Waals surface area contributed by atoms with Gasteiger partial charge in [-0.15, -0.1) is 0 Å². The molecule has 0 aliphatic rings. The lowest BCUT2D eigenvalue weighted by Crippen LogP contribution is -2.27. The van der Waals surface area contributed by atoms with E-state index in [1.165, 1.54) is 7.05 Å². The second-order valence-electron chi connectivity index (χ2n) is 8.66. The zero-order valence-electron chi connectivity index (χ0n) is 23.3. The number of rotatable bonds is 11. The van der Waals surface area contributed by atoms with Crippen LogP contribution in [0, 0.1) is 5.92 Å². The van der Waals surface area contributed by atoms with E-state index in [9.17, 15) is 4.79 Å². The normalized spacial score (nSPS) is 12.3. The number of benzene rings is 3. The van der Waals surface area contributed by atoms with Gasteiger partial charge in [-0.05, 0) is 92.2 Å². The molecular formula is C33H37ClN4O2. The van der Waals surface area contributed by atoms with Crippen LogP contribution >= 0.6 is 11.6 Å². The number of ether oxygens (including phenoxy) is 1. The van der Waals surface area contributed by atoms with Gasteiger partial charge in [-0.1, -0.05) is 72.8 Å². The molecule has 0 fully saturated rings. The molecule has 40 heavy (non-hydrogen) atoms. The molecule has 7 heteroatoms. The fourth-order valence-corrected chi connectivity index (χ4v) is 4.28. The molecular weight excluding hydrogens is 520 g/mol. The number of halogens is 1. The first-order valence-corrected chi connectivity index (χ1v) is 13.2. The van der Waals surface area contributed by atoms with Crippen molar-refractivity contribution in [1.29, 1.82) is 0 Å². The average Bonchev–Trinajstić information content (AvgIpc) is 2.98. The topological polar surface area (TPSA) is 103 Å². The highest BCUT2D eigenvalue weighted by molar-refractivity contribution is 6.30. The van der Waals surface area contributed by atoms with Gasteiger partial charge in [-0.25, -0.2) is 9.98 Å². The predicted molar refractivity (Wildman–Crippen MR) is 170 cm³/mol. The van der Waals surface area contributed by atoms with Crippen LogP contribution in [0.4, 0.5) is 5.69 Å². The molecule has 0 radical (unpaired) electrons. The number of allylic oxidation sites excluding steroid dienone is 3. The van der Waals surface area contributed by atoms with Crippen LogP contribution in [0.1, 0.15) is 18.1 Å². The highest BCUT2D eigenvalue weighted by Gasteiger charge is 2.20. The fourth-order valence-electron chi connectivity index (χ4n) is 4.07. The highest BCUT2D eigenvalue weighted by atomic mass is 35.5. The van der Waals surface area contributed by atoms with Crippen molar-refractivity contribution in [3.8, 4) is 16.9 Å². The van der Waals surface area contributed by atoms with Gasteiger partial charge in [0.05, 0.1) is 12.8 Å². The maximum absolute atomic E-state index is 12.6. The van der Waals surface area contributed by atoms with E-state index in [0.717, 1.165) is 33.6 Å². The van der Waals surface area contributed by atoms with Crippen molar-refractivity contribution in [2.24, 2.45) is 27.4 Å². The molecule has 1 amide bonds. The summed E-state index contributed by atoms with van der Waals surface area (Å²) in [5.41, 5.74) is 15.5. The molecule has 1 unspecified atom stereocenters. The zero-order valence-corrected chi connectivity index (χ0v) is 24.1. The van der Waals surface area contributed by atoms with Gasteiger partial charge >= 0.3 is 0 Å². The number of aliphatic imine (C=N–C) groups is 2. The third-order valence-electron chi connectivity index (χ3n) is 6.04. The summed E-state index contributed by atoms with van der Waals surface area (Å²) in [6.45, 7) is 9.52. The van der Waals surface area contributed by atoms with Gasteiger partial charge in [-0.2, -0.15) is 0 Å². The van der Waals surface area contributed by atoms with Gasteiger partial charge in [0.15, 0.2) is 5.84 Å². The quantitative estimate of drug-likeness (QED) is 0.152. The van der Waals surface area contributed by atoms with E-state index < -0.39 is 11.8 Å². The van der Waals surface area contributed by atoms with Crippen LogP contribution in [0.15, 0.2) is 113 Å². The fraction of sp³-hybridized carbons (Fsp3) is 0.182. The van der Waals surface area contributed by atoms with Crippen molar-refractivity contribution < 1.29 is 9.53 Å². The SMILES string of the molecule is C=C/C(=C\C=C/C)C(N=C)=Nc1ccc(-c2cccc(OC)c2)cc1CC(Cc1cccc(Cl)c1)C(N)=O.CN. The van der Waals surface area contributed by atoms with Crippen LogP contribution in [-0.4, -0.2) is 32.6 Å². The minimum Gasteiger partial charge on any atom is -0.497 e. The summed E-state index contributed by atoms with van der Waals surface area (Å²) in [7, 11) is 3.14. The molecule has 0 spiro atoms. The summed E-state index contributed by atoms with van der Waals surface area (Å²) in [6.07, 6.45) is 8.18. The van der Waals surface area contributed by atoms with Crippen molar-refractivity contribution in [1.82, 2.24) is 0 Å². The number of hydrogen-bond donors (Lipinski definition) is 2. The van der Waals surface area contributed by atoms with E-state index in [1.54, 1.807) is 19.3 Å². The van der Waals surface area contributed by atoms with Crippen molar-refractivity contribution in [2.75, 3.05) is 14.2 Å². The van der Waals surface area contributed by atoms with E-state index >= 15 is 0 Å². The summed E-state index contributed by atoms with van der Waals surface area (Å²) >= 11 is 6.18. The lowest BCUT2D eigenvalue weighted by atomic mass is 9.90. The Morgan fingerprint density at radius 3 is 2.40 bits per heavy atom. The number of carbonyl (C=O) groups excluding carboxylic acids is 1. The molecule has 3 aromatic carbocycles. The van der Waals surface area contributed by atoms with Crippen molar-refractivity contribution >= 4 is 35.7 Å². The van der Waals surface area contributed by atoms with Gasteiger partial charge in [0.25, 0.3) is 0 Å². The number of primary amides is 1. The van der Waals surface area contributed by atoms with Crippen LogP contribution in [0.3, 0.4) is 0 Å². The number of amides is 1. The predicted octanol–water partition coefficient (Wildman–Crippen LogP) is 6.90. The molecule has 0 saturated carbocycles. The third-order valence-corrected chi connectivity index (χ3v) is 6.28. The number of carbonyl (C=O) groups is 1. The number of nitrogens with two attached hydrogens (primary N) is 2. The molecule has 0 saturated heterocycles. The molecule has 4 N–H and O–H groups in total. The van der Waals surface area contributed by atoms with Gasteiger partial charge in [0.1, 0.15) is 5.75 Å². The molecule has 6 nitrogen and oxygen atoms in total. The molecule has 1 atom stereocenters. The second-order valence-corrected chi connectivity index (χ2v) is 9.09. The largest absolute Gasteiger partial charge is 0.497 e. The first kappa shape index (κ1) is 32.0. The number of nitrogens with zero attached hydrogens (tertiary/aromatic N) is 2. The Morgan fingerprint density at radius 1 is 1.05 bits per heavy atom. The minimum atomic E-state index is -0.472. The maximum atomic E-state index is 12.6. The molecule has 3 aromatic rings. The van der Waals surface area contributed by atoms with Gasteiger partial charge in [-0.3, -0.25) is 4.79 Å². The monoisotopic (exact) mass is 556 g/mol. The summed E-state index contributed by atoms with van der Waals surface area (Å²) in [6, 6.07) is 21.2. The summed E-state index contributed by atoms with van der Waals surface area (Å²) in [4.78, 5) is 21.5. The summed E-state index contributed by atoms with van der Waals surface area (Å²) in [5, 5.41) is 0.614. The minimum absolute atomic E-state index is 0.380. The molecule has 0 aromatic heterocycles. The van der Waals surface area contributed by atoms with Crippen molar-refractivity contribution in [3.63, 3.8) is 0 Å². The van der Waals surface area contributed by atoms with Gasteiger partial charge in [0.2, 0.25) is 5.91 Å². The lowest BCUT2D eigenvalue weighted by molar-refractivity contribution is -0.121. The molecule has 0 bridgehead atoms. The van der Waals surface area contributed by atoms with Gasteiger partial charge < -0.3 is 16.2 Å². The second kappa shape index (κ2) is 16.6. The Hall–Kier alpha value is -4.26. The average molecular weight is 557 g/mol. The lowest BCUT2D eigenvalue weighted by Gasteiger charge is -2.17. The highest BCUT2D eigenvalue weighted by Crippen LogP contribution is 2.32. The molecule has 0 aliphatic heterocycles. The first-order chi connectivity index (χ1) is 19.4. The first-order valence-electron chi connectivity index (χ1n) is 12.8. The van der Waals surface area contributed by atoms with Crippen molar-refractivity contribution in [2.45, 2.75) is 19.8 Å². The summed E-state index contributed by atoms with van der Waals surface area (Å²) < 4.78 is 5.41. The van der Waals surface area contributed by atoms with E-state index in [1.807, 2.05) is 85.8 Å². The third kappa shape index (κ3) is 9.19.